The van der Waals surface area contributed by atoms with Gasteiger partial charge in [-0.1, -0.05) is 52.3 Å². The number of nitrogens with one attached hydrogen (secondary N) is 1. The Bertz CT molecular complexity index is 1750. The summed E-state index contributed by atoms with van der Waals surface area (Å²) in [6.45, 7) is 1.80. The van der Waals surface area contributed by atoms with E-state index in [1.807, 2.05) is 43.3 Å². The van der Waals surface area contributed by atoms with Gasteiger partial charge in [-0.15, -0.1) is 5.10 Å². The molecule has 11 heteroatoms. The molecular weight excluding hydrogens is 647 g/mol. The molecule has 2 heterocycles. The maximum Gasteiger partial charge on any atom is 0.267 e. The molecule has 0 aliphatic carbocycles. The van der Waals surface area contributed by atoms with Crippen molar-refractivity contribution in [2.75, 3.05) is 11.9 Å². The number of benzene rings is 3. The number of nitrogens with zero attached hydrogens (tertiary/aromatic N) is 3. The van der Waals surface area contributed by atoms with Crippen molar-refractivity contribution in [2.24, 2.45) is 10.2 Å². The molecule has 0 radical (unpaired) electrons. The standard InChI is InChI=1S/C33H26BrFN4O4S/c1-22(16-23-6-3-2-4-7-23)19-36-38-33-39(20-28-8-5-15-42-28)32(41)30(44-33)18-24-17-25(34)9-14-29(24)43-21-31(40)37-27-12-10-26(35)11-13-27/h2-19H,20-21H2,1H3,(H,37,40)/b22-16+,30-18-,36-19-,38-33+. The number of thioether (sulfide) groups is 1. The number of hydrogen-bond acceptors (Lipinski definition) is 7. The van der Waals surface area contributed by atoms with Crippen LogP contribution in [-0.2, 0) is 16.1 Å². The van der Waals surface area contributed by atoms with Crippen LogP contribution in [0.5, 0.6) is 5.75 Å². The van der Waals surface area contributed by atoms with Crippen molar-refractivity contribution in [3.8, 4) is 5.75 Å². The number of amidine groups is 1. The summed E-state index contributed by atoms with van der Waals surface area (Å²) in [5.41, 5.74) is 2.96. The Labute approximate surface area is 266 Å². The first kappa shape index (κ1) is 30.7. The smallest absolute Gasteiger partial charge is 0.267 e. The highest BCUT2D eigenvalue weighted by atomic mass is 79.9. The molecule has 3 aromatic carbocycles. The van der Waals surface area contributed by atoms with Gasteiger partial charge in [-0.25, -0.2) is 4.39 Å². The van der Waals surface area contributed by atoms with E-state index in [0.717, 1.165) is 15.6 Å². The van der Waals surface area contributed by atoms with Crippen molar-refractivity contribution in [1.29, 1.82) is 0 Å². The molecule has 1 aliphatic rings. The fourth-order valence-electron chi connectivity index (χ4n) is 4.08. The maximum atomic E-state index is 13.6. The molecule has 1 fully saturated rings. The Morgan fingerprint density at radius 1 is 1.09 bits per heavy atom. The van der Waals surface area contributed by atoms with Gasteiger partial charge in [-0.3, -0.25) is 14.5 Å². The zero-order chi connectivity index (χ0) is 30.9. The first-order valence-corrected chi connectivity index (χ1v) is 15.0. The van der Waals surface area contributed by atoms with Gasteiger partial charge in [0.1, 0.15) is 17.3 Å². The second kappa shape index (κ2) is 14.6. The minimum Gasteiger partial charge on any atom is -0.483 e. The van der Waals surface area contributed by atoms with Gasteiger partial charge in [-0.2, -0.15) is 5.10 Å². The molecule has 5 rings (SSSR count). The minimum absolute atomic E-state index is 0.175. The van der Waals surface area contributed by atoms with Gasteiger partial charge in [0.15, 0.2) is 11.8 Å². The molecule has 222 valence electrons. The van der Waals surface area contributed by atoms with E-state index in [-0.39, 0.29) is 19.1 Å². The number of anilines is 1. The summed E-state index contributed by atoms with van der Waals surface area (Å²) >= 11 is 4.64. The van der Waals surface area contributed by atoms with E-state index in [1.54, 1.807) is 48.9 Å². The molecule has 1 N–H and O–H groups in total. The summed E-state index contributed by atoms with van der Waals surface area (Å²) < 4.78 is 25.2. The zero-order valence-electron chi connectivity index (χ0n) is 23.4. The Hall–Kier alpha value is -4.74. The van der Waals surface area contributed by atoms with Crippen LogP contribution in [0.2, 0.25) is 0 Å². The largest absolute Gasteiger partial charge is 0.483 e. The Balaban J connectivity index is 1.35. The first-order valence-electron chi connectivity index (χ1n) is 13.4. The monoisotopic (exact) mass is 672 g/mol. The van der Waals surface area contributed by atoms with E-state index in [0.29, 0.717) is 32.8 Å². The van der Waals surface area contributed by atoms with E-state index in [2.05, 4.69) is 31.4 Å². The van der Waals surface area contributed by atoms with Crippen LogP contribution in [0.4, 0.5) is 10.1 Å². The average molecular weight is 674 g/mol. The summed E-state index contributed by atoms with van der Waals surface area (Å²) in [5.74, 6) is -0.111. The molecule has 1 aliphatic heterocycles. The molecule has 0 atom stereocenters. The lowest BCUT2D eigenvalue weighted by Crippen LogP contribution is -2.28. The van der Waals surface area contributed by atoms with Gasteiger partial charge in [0.2, 0.25) is 0 Å². The predicted octanol–water partition coefficient (Wildman–Crippen LogP) is 7.76. The Morgan fingerprint density at radius 3 is 2.64 bits per heavy atom. The predicted molar refractivity (Wildman–Crippen MR) is 176 cm³/mol. The molecule has 0 unspecified atom stereocenters. The third kappa shape index (κ3) is 8.42. The van der Waals surface area contributed by atoms with Crippen LogP contribution >= 0.6 is 27.7 Å². The second-order valence-electron chi connectivity index (χ2n) is 9.53. The summed E-state index contributed by atoms with van der Waals surface area (Å²) in [6.07, 6.45) is 6.85. The van der Waals surface area contributed by atoms with Gasteiger partial charge in [0.05, 0.1) is 23.9 Å². The normalized spacial score (nSPS) is 15.5. The van der Waals surface area contributed by atoms with Crippen LogP contribution in [-0.4, -0.2) is 34.7 Å². The van der Waals surface area contributed by atoms with Crippen LogP contribution in [0.3, 0.4) is 0 Å². The lowest BCUT2D eigenvalue weighted by atomic mass is 10.1. The van der Waals surface area contributed by atoms with Crippen LogP contribution in [0, 0.1) is 5.82 Å². The van der Waals surface area contributed by atoms with Gasteiger partial charge in [-0.05, 0) is 90.5 Å². The minimum atomic E-state index is -0.419. The number of amides is 2. The van der Waals surface area contributed by atoms with Crippen LogP contribution < -0.4 is 10.1 Å². The first-order chi connectivity index (χ1) is 21.3. The number of carbonyl (C=O) groups excluding carboxylic acids is 2. The quantitative estimate of drug-likeness (QED) is 0.106. The van der Waals surface area contributed by atoms with Crippen molar-refractivity contribution in [1.82, 2.24) is 4.90 Å². The number of hydrogen-bond donors (Lipinski definition) is 1. The molecule has 1 saturated heterocycles. The maximum absolute atomic E-state index is 13.6. The molecule has 1 aromatic heterocycles. The van der Waals surface area contributed by atoms with E-state index in [4.69, 9.17) is 9.15 Å². The third-order valence-corrected chi connectivity index (χ3v) is 7.62. The number of allylic oxidation sites excluding steroid dienone is 1. The van der Waals surface area contributed by atoms with Crippen LogP contribution in [0.15, 0.2) is 121 Å². The Kier molecular flexibility index (Phi) is 10.2. The number of carbonyl (C=O) groups is 2. The molecule has 0 saturated carbocycles. The zero-order valence-corrected chi connectivity index (χ0v) is 25.8. The highest BCUT2D eigenvalue weighted by molar-refractivity contribution is 9.10. The van der Waals surface area contributed by atoms with E-state index < -0.39 is 11.7 Å². The van der Waals surface area contributed by atoms with E-state index in [1.165, 1.54) is 40.9 Å². The molecule has 8 nitrogen and oxygen atoms in total. The van der Waals surface area contributed by atoms with Crippen molar-refractivity contribution >= 4 is 68.7 Å². The number of ether oxygens (including phenoxy) is 1. The molecule has 44 heavy (non-hydrogen) atoms. The number of furan rings is 1. The van der Waals surface area contributed by atoms with Crippen molar-refractivity contribution < 1.29 is 23.1 Å². The fraction of sp³-hybridized carbons (Fsp3) is 0.0909. The lowest BCUT2D eigenvalue weighted by molar-refractivity contribution is -0.122. The van der Waals surface area contributed by atoms with Crippen molar-refractivity contribution in [2.45, 2.75) is 13.5 Å². The van der Waals surface area contributed by atoms with Crippen molar-refractivity contribution in [3.05, 3.63) is 129 Å². The molecule has 0 spiro atoms. The van der Waals surface area contributed by atoms with Gasteiger partial charge in [0, 0.05) is 15.7 Å². The van der Waals surface area contributed by atoms with Crippen molar-refractivity contribution in [3.63, 3.8) is 0 Å². The highest BCUT2D eigenvalue weighted by Gasteiger charge is 2.34. The average Bonchev–Trinajstić information content (AvgIpc) is 3.63. The molecule has 2 amide bonds. The van der Waals surface area contributed by atoms with Crippen LogP contribution in [0.1, 0.15) is 23.8 Å². The number of halogens is 2. The van der Waals surface area contributed by atoms with Gasteiger partial charge in [0.25, 0.3) is 11.8 Å². The van der Waals surface area contributed by atoms with E-state index >= 15 is 0 Å². The summed E-state index contributed by atoms with van der Waals surface area (Å²) in [5, 5.41) is 11.7. The SMILES string of the molecule is CC(/C=N\N=C1\S/C(=C\c2cc(Br)ccc2OCC(=O)Nc2ccc(F)cc2)C(=O)N1Cc1ccco1)=C\c1ccccc1. The lowest BCUT2D eigenvalue weighted by Gasteiger charge is -2.13. The fourth-order valence-corrected chi connectivity index (χ4v) is 5.38. The van der Waals surface area contributed by atoms with Crippen LogP contribution in [0.25, 0.3) is 12.2 Å². The van der Waals surface area contributed by atoms with Gasteiger partial charge < -0.3 is 14.5 Å². The molecule has 0 bridgehead atoms. The van der Waals surface area contributed by atoms with E-state index in [9.17, 15) is 14.0 Å². The topological polar surface area (TPSA) is 96.5 Å². The summed E-state index contributed by atoms with van der Waals surface area (Å²) in [7, 11) is 0. The molecular formula is C33H26BrFN4O4S. The highest BCUT2D eigenvalue weighted by Crippen LogP contribution is 2.36. The van der Waals surface area contributed by atoms with Gasteiger partial charge >= 0.3 is 0 Å². The summed E-state index contributed by atoms with van der Waals surface area (Å²) in [4.78, 5) is 27.9. The summed E-state index contributed by atoms with van der Waals surface area (Å²) in [6, 6.07) is 24.1. The second-order valence-corrected chi connectivity index (χ2v) is 11.5. The molecule has 4 aromatic rings. The number of rotatable bonds is 10. The Morgan fingerprint density at radius 2 is 1.89 bits per heavy atom. The third-order valence-electron chi connectivity index (χ3n) is 6.13.